The van der Waals surface area contributed by atoms with E-state index in [1.165, 1.54) is 0 Å². The second-order valence-electron chi connectivity index (χ2n) is 4.39. The molecule has 1 aromatic rings. The minimum atomic E-state index is -2.19. The van der Waals surface area contributed by atoms with E-state index in [1.54, 1.807) is 0 Å². The maximum Gasteiger partial charge on any atom is 0.206 e. The molecule has 0 radical (unpaired) electrons. The minimum absolute atomic E-state index is 0.181. The third-order valence-electron chi connectivity index (χ3n) is 2.73. The molecule has 0 aliphatic heterocycles. The molecular weight excluding hydrogens is 281 g/mol. The van der Waals surface area contributed by atoms with Crippen LogP contribution in [0.5, 0.6) is 5.75 Å². The second kappa shape index (κ2) is 7.42. The lowest BCUT2D eigenvalue weighted by Gasteiger charge is -2.14. The Morgan fingerprint density at radius 3 is 1.95 bits per heavy atom. The predicted octanol–water partition coefficient (Wildman–Crippen LogP) is 3.54. The van der Waals surface area contributed by atoms with Crippen LogP contribution in [0.15, 0.2) is 0 Å². The van der Waals surface area contributed by atoms with E-state index < -0.39 is 34.8 Å². The highest BCUT2D eigenvalue weighted by molar-refractivity contribution is 5.29. The van der Waals surface area contributed by atoms with Crippen molar-refractivity contribution >= 4 is 0 Å². The van der Waals surface area contributed by atoms with Crippen LogP contribution in [0.25, 0.3) is 0 Å². The summed E-state index contributed by atoms with van der Waals surface area (Å²) in [7, 11) is 0. The van der Waals surface area contributed by atoms with Gasteiger partial charge in [-0.1, -0.05) is 13.3 Å². The van der Waals surface area contributed by atoms with E-state index in [0.29, 0.717) is 0 Å². The van der Waals surface area contributed by atoms with E-state index in [-0.39, 0.29) is 19.2 Å². The summed E-state index contributed by atoms with van der Waals surface area (Å²) in [6.07, 6.45) is 1.87. The summed E-state index contributed by atoms with van der Waals surface area (Å²) in [6, 6.07) is 0.181. The third kappa shape index (κ3) is 3.82. The van der Waals surface area contributed by atoms with Crippen molar-refractivity contribution in [3.05, 3.63) is 29.1 Å². The highest BCUT2D eigenvalue weighted by Crippen LogP contribution is 2.28. The molecule has 1 atom stereocenters. The summed E-state index contributed by atoms with van der Waals surface area (Å²) in [4.78, 5) is 0. The van der Waals surface area contributed by atoms with Gasteiger partial charge in [0, 0.05) is 12.6 Å². The molecule has 0 aliphatic carbocycles. The smallest absolute Gasteiger partial charge is 0.206 e. The first-order chi connectivity index (χ1) is 9.40. The molecule has 2 nitrogen and oxygen atoms in total. The SMILES string of the molecule is CCCC(C)NCCOc1c(F)c(F)c(F)c(F)c1F. The first-order valence-corrected chi connectivity index (χ1v) is 6.27. The number of benzene rings is 1. The molecule has 114 valence electrons. The summed E-state index contributed by atoms with van der Waals surface area (Å²) in [6.45, 7) is 3.96. The molecule has 0 aromatic heterocycles. The molecule has 1 rings (SSSR count). The van der Waals surface area contributed by atoms with E-state index >= 15 is 0 Å². The highest BCUT2D eigenvalue weighted by Gasteiger charge is 2.26. The van der Waals surface area contributed by atoms with Crippen LogP contribution in [-0.4, -0.2) is 19.2 Å². The fraction of sp³-hybridized carbons (Fsp3) is 0.538. The molecule has 1 aromatic carbocycles. The van der Waals surface area contributed by atoms with Crippen LogP contribution >= 0.6 is 0 Å². The number of halogens is 5. The van der Waals surface area contributed by atoms with Crippen LogP contribution in [0.4, 0.5) is 22.0 Å². The highest BCUT2D eigenvalue weighted by atomic mass is 19.2. The quantitative estimate of drug-likeness (QED) is 0.360. The van der Waals surface area contributed by atoms with E-state index in [9.17, 15) is 22.0 Å². The molecule has 0 saturated heterocycles. The lowest BCUT2D eigenvalue weighted by atomic mass is 10.2. The Morgan fingerprint density at radius 1 is 0.950 bits per heavy atom. The lowest BCUT2D eigenvalue weighted by Crippen LogP contribution is -2.30. The van der Waals surface area contributed by atoms with Crippen LogP contribution < -0.4 is 10.1 Å². The summed E-state index contributed by atoms with van der Waals surface area (Å²) in [5.41, 5.74) is 0. The van der Waals surface area contributed by atoms with E-state index in [1.807, 2.05) is 13.8 Å². The van der Waals surface area contributed by atoms with Crippen molar-refractivity contribution in [2.24, 2.45) is 0 Å². The molecule has 0 amide bonds. The lowest BCUT2D eigenvalue weighted by molar-refractivity contribution is 0.257. The predicted molar refractivity (Wildman–Crippen MR) is 64.1 cm³/mol. The molecule has 0 aliphatic rings. The number of hydrogen-bond donors (Lipinski definition) is 1. The molecule has 1 N–H and O–H groups in total. The fourth-order valence-electron chi connectivity index (χ4n) is 1.70. The van der Waals surface area contributed by atoms with Gasteiger partial charge in [-0.15, -0.1) is 0 Å². The van der Waals surface area contributed by atoms with Crippen molar-refractivity contribution in [1.29, 1.82) is 0 Å². The van der Waals surface area contributed by atoms with E-state index in [4.69, 9.17) is 0 Å². The third-order valence-corrected chi connectivity index (χ3v) is 2.73. The number of ether oxygens (including phenoxy) is 1. The average Bonchev–Trinajstić information content (AvgIpc) is 2.42. The average molecular weight is 297 g/mol. The van der Waals surface area contributed by atoms with Crippen molar-refractivity contribution in [3.8, 4) is 5.75 Å². The molecular formula is C13H16F5NO. The Balaban J connectivity index is 2.65. The summed E-state index contributed by atoms with van der Waals surface area (Å²) in [5.74, 6) is -11.4. The molecule has 1 unspecified atom stereocenters. The molecule has 20 heavy (non-hydrogen) atoms. The van der Waals surface area contributed by atoms with Crippen molar-refractivity contribution < 1.29 is 26.7 Å². The van der Waals surface area contributed by atoms with E-state index in [0.717, 1.165) is 12.8 Å². The van der Waals surface area contributed by atoms with Crippen LogP contribution in [-0.2, 0) is 0 Å². The monoisotopic (exact) mass is 297 g/mol. The van der Waals surface area contributed by atoms with Crippen LogP contribution in [0, 0.1) is 29.1 Å². The Labute approximate surface area is 113 Å². The van der Waals surface area contributed by atoms with Crippen molar-refractivity contribution in [2.45, 2.75) is 32.7 Å². The first-order valence-electron chi connectivity index (χ1n) is 6.27. The zero-order chi connectivity index (χ0) is 15.3. The summed E-state index contributed by atoms with van der Waals surface area (Å²) >= 11 is 0. The largest absolute Gasteiger partial charge is 0.486 e. The van der Waals surface area contributed by atoms with Gasteiger partial charge in [0.1, 0.15) is 6.61 Å². The van der Waals surface area contributed by atoms with Gasteiger partial charge in [-0.25, -0.2) is 13.2 Å². The molecule has 7 heteroatoms. The molecule has 0 fully saturated rings. The Bertz CT molecular complexity index is 438. The van der Waals surface area contributed by atoms with Crippen molar-refractivity contribution in [2.75, 3.05) is 13.2 Å². The van der Waals surface area contributed by atoms with Crippen molar-refractivity contribution in [1.82, 2.24) is 5.32 Å². The van der Waals surface area contributed by atoms with Gasteiger partial charge in [0.15, 0.2) is 5.75 Å². The Kier molecular flexibility index (Phi) is 6.19. The van der Waals surface area contributed by atoms with Crippen LogP contribution in [0.2, 0.25) is 0 Å². The Morgan fingerprint density at radius 2 is 1.45 bits per heavy atom. The van der Waals surface area contributed by atoms with Gasteiger partial charge in [-0.05, 0) is 13.3 Å². The molecule has 0 heterocycles. The van der Waals surface area contributed by atoms with Crippen molar-refractivity contribution in [3.63, 3.8) is 0 Å². The van der Waals surface area contributed by atoms with Gasteiger partial charge in [0.25, 0.3) is 0 Å². The fourth-order valence-corrected chi connectivity index (χ4v) is 1.70. The summed E-state index contributed by atoms with van der Waals surface area (Å²) < 4.78 is 69.7. The van der Waals surface area contributed by atoms with Gasteiger partial charge >= 0.3 is 0 Å². The van der Waals surface area contributed by atoms with Crippen LogP contribution in [0.3, 0.4) is 0 Å². The standard InChI is InChI=1S/C13H16F5NO/c1-3-4-7(2)19-5-6-20-13-11(17)9(15)8(14)10(16)12(13)18/h7,19H,3-6H2,1-2H3. The zero-order valence-corrected chi connectivity index (χ0v) is 11.2. The Hall–Kier alpha value is -1.37. The maximum absolute atomic E-state index is 13.2. The number of nitrogens with one attached hydrogen (secondary N) is 1. The first kappa shape index (κ1) is 16.7. The second-order valence-corrected chi connectivity index (χ2v) is 4.39. The molecule has 0 bridgehead atoms. The number of rotatable bonds is 7. The summed E-state index contributed by atoms with van der Waals surface area (Å²) in [5, 5.41) is 3.00. The molecule has 0 saturated carbocycles. The number of hydrogen-bond acceptors (Lipinski definition) is 2. The minimum Gasteiger partial charge on any atom is -0.486 e. The van der Waals surface area contributed by atoms with Gasteiger partial charge in [0.2, 0.25) is 29.1 Å². The van der Waals surface area contributed by atoms with Crippen LogP contribution in [0.1, 0.15) is 26.7 Å². The topological polar surface area (TPSA) is 21.3 Å². The van der Waals surface area contributed by atoms with Gasteiger partial charge in [0.05, 0.1) is 0 Å². The van der Waals surface area contributed by atoms with E-state index in [2.05, 4.69) is 10.1 Å². The van der Waals surface area contributed by atoms with Gasteiger partial charge in [-0.2, -0.15) is 8.78 Å². The normalized spacial score (nSPS) is 12.6. The van der Waals surface area contributed by atoms with Gasteiger partial charge in [-0.3, -0.25) is 0 Å². The zero-order valence-electron chi connectivity index (χ0n) is 11.2. The molecule has 0 spiro atoms. The maximum atomic E-state index is 13.2. The van der Waals surface area contributed by atoms with Gasteiger partial charge < -0.3 is 10.1 Å².